The third kappa shape index (κ3) is 3.25. The van der Waals surface area contributed by atoms with Gasteiger partial charge in [-0.1, -0.05) is 0 Å². The van der Waals surface area contributed by atoms with E-state index in [9.17, 15) is 4.79 Å². The zero-order valence-electron chi connectivity index (χ0n) is 12.5. The number of hydrogen-bond donors (Lipinski definition) is 1. The molecule has 0 radical (unpaired) electrons. The van der Waals surface area contributed by atoms with Crippen molar-refractivity contribution in [1.82, 2.24) is 9.97 Å². The first-order valence-corrected chi connectivity index (χ1v) is 7.25. The Morgan fingerprint density at radius 1 is 1.40 bits per heavy atom. The Hall–Kier alpha value is -1.69. The van der Waals surface area contributed by atoms with Crippen molar-refractivity contribution in [2.24, 2.45) is 0 Å². The highest BCUT2D eigenvalue weighted by atomic mass is 16.5. The number of quaternary nitrogens is 1. The molecule has 0 bridgehead atoms. The summed E-state index contributed by atoms with van der Waals surface area (Å²) < 4.78 is 4.99. The Morgan fingerprint density at radius 2 is 2.10 bits per heavy atom. The number of nitrogens with one attached hydrogen (secondary N) is 1. The van der Waals surface area contributed by atoms with Crippen LogP contribution in [0.1, 0.15) is 29.9 Å². The Labute approximate surface area is 119 Å². The van der Waals surface area contributed by atoms with Crippen molar-refractivity contribution in [3.05, 3.63) is 17.5 Å². The van der Waals surface area contributed by atoms with Gasteiger partial charge in [0.25, 0.3) is 0 Å². The second-order valence-electron chi connectivity index (χ2n) is 4.98. The summed E-state index contributed by atoms with van der Waals surface area (Å²) in [4.78, 5) is 24.3. The lowest BCUT2D eigenvalue weighted by Crippen LogP contribution is -3.14. The third-order valence-electron chi connectivity index (χ3n) is 3.72. The number of ether oxygens (including phenoxy) is 1. The number of carbonyl (C=O) groups is 1. The van der Waals surface area contributed by atoms with E-state index in [2.05, 4.69) is 21.8 Å². The molecule has 1 aliphatic rings. The highest BCUT2D eigenvalue weighted by Crippen LogP contribution is 2.12. The minimum Gasteiger partial charge on any atom is -0.462 e. The molecule has 1 saturated heterocycles. The molecule has 20 heavy (non-hydrogen) atoms. The molecule has 2 heterocycles. The quantitative estimate of drug-likeness (QED) is 0.766. The number of carbonyl (C=O) groups excluding carboxylic acids is 1. The Bertz CT molecular complexity index is 470. The fourth-order valence-corrected chi connectivity index (χ4v) is 2.39. The molecule has 0 saturated carbocycles. The molecule has 1 N–H and O–H groups in total. The molecule has 110 valence electrons. The van der Waals surface area contributed by atoms with Gasteiger partial charge in [-0.15, -0.1) is 0 Å². The molecular formula is C14H23N4O2+. The van der Waals surface area contributed by atoms with Crippen LogP contribution in [0.3, 0.4) is 0 Å². The fraction of sp³-hybridized carbons (Fsp3) is 0.643. The van der Waals surface area contributed by atoms with Crippen LogP contribution >= 0.6 is 0 Å². The molecule has 6 nitrogen and oxygen atoms in total. The first kappa shape index (κ1) is 14.7. The van der Waals surface area contributed by atoms with E-state index in [1.807, 2.05) is 6.92 Å². The van der Waals surface area contributed by atoms with Crippen molar-refractivity contribution in [3.8, 4) is 0 Å². The van der Waals surface area contributed by atoms with Crippen LogP contribution < -0.4 is 9.80 Å². The molecule has 0 spiro atoms. The second-order valence-corrected chi connectivity index (χ2v) is 4.98. The summed E-state index contributed by atoms with van der Waals surface area (Å²) in [6.45, 7) is 11.5. The maximum atomic E-state index is 11.7. The van der Waals surface area contributed by atoms with Gasteiger partial charge in [0, 0.05) is 6.20 Å². The van der Waals surface area contributed by atoms with Crippen LogP contribution in [0, 0.1) is 6.92 Å². The zero-order valence-corrected chi connectivity index (χ0v) is 12.5. The largest absolute Gasteiger partial charge is 0.462 e. The summed E-state index contributed by atoms with van der Waals surface area (Å²) in [7, 11) is 0. The standard InChI is InChI=1S/C14H22N4O2/c1-4-17-6-8-18(9-7-17)14-15-10-12(11(3)16-14)13(19)20-5-2/h10H,4-9H2,1-3H3/p+1. The van der Waals surface area contributed by atoms with E-state index < -0.39 is 0 Å². The lowest BCUT2D eigenvalue weighted by Gasteiger charge is -2.31. The van der Waals surface area contributed by atoms with Crippen LogP contribution in [0.25, 0.3) is 0 Å². The third-order valence-corrected chi connectivity index (χ3v) is 3.72. The summed E-state index contributed by atoms with van der Waals surface area (Å²) in [5.74, 6) is 0.363. The molecule has 1 aliphatic heterocycles. The molecule has 2 rings (SSSR count). The second kappa shape index (κ2) is 6.65. The van der Waals surface area contributed by atoms with Gasteiger partial charge in [-0.05, 0) is 20.8 Å². The number of anilines is 1. The number of aromatic nitrogens is 2. The molecule has 0 amide bonds. The lowest BCUT2D eigenvalue weighted by atomic mass is 10.2. The molecule has 0 aromatic carbocycles. The highest BCUT2D eigenvalue weighted by molar-refractivity contribution is 5.90. The number of rotatable bonds is 4. The van der Waals surface area contributed by atoms with E-state index in [1.165, 1.54) is 0 Å². The topological polar surface area (TPSA) is 59.8 Å². The smallest absolute Gasteiger partial charge is 0.341 e. The van der Waals surface area contributed by atoms with E-state index in [4.69, 9.17) is 4.74 Å². The van der Waals surface area contributed by atoms with Gasteiger partial charge in [0.05, 0.1) is 50.6 Å². The van der Waals surface area contributed by atoms with E-state index in [0.29, 0.717) is 23.8 Å². The molecule has 6 heteroatoms. The van der Waals surface area contributed by atoms with E-state index in [1.54, 1.807) is 18.0 Å². The van der Waals surface area contributed by atoms with Gasteiger partial charge in [0.2, 0.25) is 5.95 Å². The van der Waals surface area contributed by atoms with Gasteiger partial charge >= 0.3 is 5.97 Å². The van der Waals surface area contributed by atoms with Gasteiger partial charge < -0.3 is 14.5 Å². The van der Waals surface area contributed by atoms with Gasteiger partial charge in [-0.2, -0.15) is 0 Å². The van der Waals surface area contributed by atoms with Gasteiger partial charge in [-0.3, -0.25) is 0 Å². The first-order valence-electron chi connectivity index (χ1n) is 7.25. The molecular weight excluding hydrogens is 256 g/mol. The summed E-state index contributed by atoms with van der Waals surface area (Å²) in [6, 6.07) is 0. The van der Waals surface area contributed by atoms with E-state index in [0.717, 1.165) is 32.7 Å². The van der Waals surface area contributed by atoms with Crippen molar-refractivity contribution in [2.75, 3.05) is 44.2 Å². The maximum Gasteiger partial charge on any atom is 0.341 e. The van der Waals surface area contributed by atoms with Gasteiger partial charge in [0.15, 0.2) is 0 Å². The van der Waals surface area contributed by atoms with Crippen LogP contribution in [0.5, 0.6) is 0 Å². The van der Waals surface area contributed by atoms with Gasteiger partial charge in [0.1, 0.15) is 0 Å². The Kier molecular flexibility index (Phi) is 4.89. The molecule has 1 fully saturated rings. The SMILES string of the molecule is CCOC(=O)c1cnc(N2CC[NH+](CC)CC2)nc1C. The van der Waals surface area contributed by atoms with E-state index >= 15 is 0 Å². The zero-order chi connectivity index (χ0) is 14.5. The van der Waals surface area contributed by atoms with Crippen LogP contribution in [0.15, 0.2) is 6.20 Å². The van der Waals surface area contributed by atoms with Crippen LogP contribution in [0.4, 0.5) is 5.95 Å². The van der Waals surface area contributed by atoms with Crippen molar-refractivity contribution in [2.45, 2.75) is 20.8 Å². The van der Waals surface area contributed by atoms with E-state index in [-0.39, 0.29) is 5.97 Å². The number of aryl methyl sites for hydroxylation is 1. The number of piperazine rings is 1. The van der Waals surface area contributed by atoms with Crippen molar-refractivity contribution < 1.29 is 14.4 Å². The Morgan fingerprint density at radius 3 is 2.65 bits per heavy atom. The predicted octanol–water partition coefficient (Wildman–Crippen LogP) is -0.313. The minimum absolute atomic E-state index is 0.350. The average molecular weight is 279 g/mol. The molecule has 1 aromatic heterocycles. The number of nitrogens with zero attached hydrogens (tertiary/aromatic N) is 3. The predicted molar refractivity (Wildman–Crippen MR) is 76.2 cm³/mol. The van der Waals surface area contributed by atoms with Crippen molar-refractivity contribution >= 4 is 11.9 Å². The monoisotopic (exact) mass is 279 g/mol. The van der Waals surface area contributed by atoms with Crippen LogP contribution in [-0.4, -0.2) is 55.3 Å². The van der Waals surface area contributed by atoms with Gasteiger partial charge in [-0.25, -0.2) is 14.8 Å². The lowest BCUT2D eigenvalue weighted by molar-refractivity contribution is -0.898. The summed E-state index contributed by atoms with van der Waals surface area (Å²) in [6.07, 6.45) is 1.58. The number of esters is 1. The minimum atomic E-state index is -0.350. The molecule has 0 atom stereocenters. The normalized spacial score (nSPS) is 16.2. The molecule has 0 unspecified atom stereocenters. The van der Waals surface area contributed by atoms with Crippen LogP contribution in [0.2, 0.25) is 0 Å². The van der Waals surface area contributed by atoms with Crippen molar-refractivity contribution in [3.63, 3.8) is 0 Å². The summed E-state index contributed by atoms with van der Waals surface area (Å²) in [5, 5.41) is 0. The highest BCUT2D eigenvalue weighted by Gasteiger charge is 2.21. The molecule has 1 aromatic rings. The summed E-state index contributed by atoms with van der Waals surface area (Å²) in [5.41, 5.74) is 1.13. The molecule has 0 aliphatic carbocycles. The number of hydrogen-bond acceptors (Lipinski definition) is 5. The van der Waals surface area contributed by atoms with Crippen molar-refractivity contribution in [1.29, 1.82) is 0 Å². The fourth-order valence-electron chi connectivity index (χ4n) is 2.39. The van der Waals surface area contributed by atoms with Crippen LogP contribution in [-0.2, 0) is 4.74 Å². The number of likely N-dealkylation sites (N-methyl/N-ethyl adjacent to an activating group) is 1. The first-order chi connectivity index (χ1) is 9.65. The maximum absolute atomic E-state index is 11.7. The summed E-state index contributed by atoms with van der Waals surface area (Å²) >= 11 is 0. The Balaban J connectivity index is 2.07. The average Bonchev–Trinajstić information content (AvgIpc) is 2.47.